The molecule has 25 heavy (non-hydrogen) atoms. The second kappa shape index (κ2) is 5.17. The smallest absolute Gasteiger partial charge is 0.260 e. The number of carbonyl (C=O) groups is 1. The van der Waals surface area contributed by atoms with Gasteiger partial charge in [0.2, 0.25) is 5.56 Å². The van der Waals surface area contributed by atoms with Crippen molar-refractivity contribution in [2.75, 3.05) is 5.32 Å². The monoisotopic (exact) mass is 338 g/mol. The number of nitrogens with one attached hydrogen (secondary N) is 2. The minimum atomic E-state index is -0.677. The van der Waals surface area contributed by atoms with E-state index in [-0.39, 0.29) is 11.5 Å². The minimum Gasteiger partial charge on any atom is -0.482 e. The van der Waals surface area contributed by atoms with Crippen LogP contribution in [0.15, 0.2) is 53.2 Å². The lowest BCUT2D eigenvalue weighted by molar-refractivity contribution is -0.111. The van der Waals surface area contributed by atoms with Crippen LogP contribution in [0.25, 0.3) is 11.1 Å². The Kier molecular flexibility index (Phi) is 3.18. The Morgan fingerprint density at radius 2 is 1.92 bits per heavy atom. The highest BCUT2D eigenvalue weighted by molar-refractivity contribution is 6.32. The molecular formula is C19H15FN2O3. The van der Waals surface area contributed by atoms with E-state index in [2.05, 4.69) is 10.3 Å². The Morgan fingerprint density at radius 3 is 2.64 bits per heavy atom. The zero-order chi connectivity index (χ0) is 17.8. The lowest BCUT2D eigenvalue weighted by Gasteiger charge is -2.23. The van der Waals surface area contributed by atoms with Crippen molar-refractivity contribution in [3.05, 3.63) is 75.7 Å². The number of amides is 1. The van der Waals surface area contributed by atoms with Gasteiger partial charge in [-0.3, -0.25) is 9.59 Å². The zero-order valence-corrected chi connectivity index (χ0v) is 13.6. The van der Waals surface area contributed by atoms with Gasteiger partial charge >= 0.3 is 0 Å². The van der Waals surface area contributed by atoms with E-state index in [1.54, 1.807) is 24.4 Å². The fourth-order valence-electron chi connectivity index (χ4n) is 3.19. The predicted molar refractivity (Wildman–Crippen MR) is 92.2 cm³/mol. The molecule has 0 atom stereocenters. The van der Waals surface area contributed by atoms with Gasteiger partial charge in [0, 0.05) is 23.4 Å². The van der Waals surface area contributed by atoms with E-state index in [4.69, 9.17) is 4.74 Å². The maximum Gasteiger partial charge on any atom is 0.260 e. The maximum atomic E-state index is 13.4. The number of benzene rings is 1. The number of allylic oxidation sites excluding steroid dienone is 1. The molecule has 0 saturated heterocycles. The van der Waals surface area contributed by atoms with Crippen LogP contribution in [-0.4, -0.2) is 16.5 Å². The van der Waals surface area contributed by atoms with E-state index < -0.39 is 11.4 Å². The molecule has 0 bridgehead atoms. The highest BCUT2D eigenvalue weighted by Crippen LogP contribution is 2.44. The van der Waals surface area contributed by atoms with Crippen molar-refractivity contribution in [2.45, 2.75) is 19.4 Å². The Labute approximate surface area is 142 Å². The molecule has 1 amide bonds. The van der Waals surface area contributed by atoms with Crippen LogP contribution in [0.4, 0.5) is 10.1 Å². The van der Waals surface area contributed by atoms with Crippen molar-refractivity contribution in [3.63, 3.8) is 0 Å². The van der Waals surface area contributed by atoms with Gasteiger partial charge in [-0.2, -0.15) is 0 Å². The highest BCUT2D eigenvalue weighted by Gasteiger charge is 2.38. The molecule has 2 aliphatic rings. The molecule has 0 spiro atoms. The normalized spacial score (nSPS) is 20.8. The first-order chi connectivity index (χ1) is 11.8. The first kappa shape index (κ1) is 15.4. The van der Waals surface area contributed by atoms with Gasteiger partial charge in [0.1, 0.15) is 17.2 Å². The number of fused-ring (bicyclic) bond motifs is 1. The Bertz CT molecular complexity index is 1010. The molecule has 1 aromatic heterocycles. The van der Waals surface area contributed by atoms with Gasteiger partial charge in [-0.1, -0.05) is 0 Å². The highest BCUT2D eigenvalue weighted by atomic mass is 19.1. The van der Waals surface area contributed by atoms with Crippen molar-refractivity contribution in [3.8, 4) is 0 Å². The summed E-state index contributed by atoms with van der Waals surface area (Å²) < 4.78 is 19.4. The molecule has 0 saturated carbocycles. The zero-order valence-electron chi connectivity index (χ0n) is 13.6. The number of anilines is 1. The number of aromatic nitrogens is 1. The summed E-state index contributed by atoms with van der Waals surface area (Å²) in [5.41, 5.74) is 2.20. The summed E-state index contributed by atoms with van der Waals surface area (Å²) in [4.78, 5) is 26.3. The van der Waals surface area contributed by atoms with E-state index in [9.17, 15) is 14.0 Å². The predicted octanol–water partition coefficient (Wildman–Crippen LogP) is 3.07. The molecule has 0 aliphatic carbocycles. The van der Waals surface area contributed by atoms with Crippen LogP contribution in [0, 0.1) is 5.82 Å². The summed E-state index contributed by atoms with van der Waals surface area (Å²) in [5, 5.41) is 2.66. The maximum absolute atomic E-state index is 13.4. The molecule has 2 N–H and O–H groups in total. The van der Waals surface area contributed by atoms with Crippen molar-refractivity contribution >= 4 is 22.7 Å². The van der Waals surface area contributed by atoms with Gasteiger partial charge in [0.15, 0.2) is 0 Å². The number of rotatable bonds is 1. The van der Waals surface area contributed by atoms with E-state index in [1.807, 2.05) is 13.8 Å². The lowest BCUT2D eigenvalue weighted by Crippen LogP contribution is -2.21. The van der Waals surface area contributed by atoms with Crippen molar-refractivity contribution < 1.29 is 13.9 Å². The van der Waals surface area contributed by atoms with Gasteiger partial charge in [0.05, 0.1) is 11.3 Å². The molecule has 0 unspecified atom stereocenters. The first-order valence-electron chi connectivity index (χ1n) is 7.81. The molecule has 5 nitrogen and oxygen atoms in total. The summed E-state index contributed by atoms with van der Waals surface area (Å²) in [5.74, 6) is -0.318. The topological polar surface area (TPSA) is 71.2 Å². The molecule has 0 fully saturated rings. The molecule has 1 aromatic carbocycles. The standard InChI is InChI=1S/C19H15FN2O3/c1-19(2)13(10-3-6-16(23)21-9-10)8-15(25-19)17-12-5-4-11(20)7-14(12)22-18(17)24/h3-9H,1-2H3,(H,21,23)(H,22,24)/b17-15+. The molecular weight excluding hydrogens is 323 g/mol. The van der Waals surface area contributed by atoms with Crippen molar-refractivity contribution in [2.24, 2.45) is 0 Å². The number of H-pyrrole nitrogens is 1. The van der Waals surface area contributed by atoms with Gasteiger partial charge in [0.25, 0.3) is 5.91 Å². The summed E-state index contributed by atoms with van der Waals surface area (Å²) >= 11 is 0. The van der Waals surface area contributed by atoms with Crippen LogP contribution in [0.5, 0.6) is 0 Å². The van der Waals surface area contributed by atoms with Gasteiger partial charge in [-0.25, -0.2) is 4.39 Å². The van der Waals surface area contributed by atoms with Crippen LogP contribution in [0.2, 0.25) is 0 Å². The van der Waals surface area contributed by atoms with Crippen LogP contribution in [0.1, 0.15) is 25.0 Å². The molecule has 2 aromatic rings. The minimum absolute atomic E-state index is 0.189. The second-order valence-corrected chi connectivity index (χ2v) is 6.50. The van der Waals surface area contributed by atoms with Crippen molar-refractivity contribution in [1.29, 1.82) is 0 Å². The molecule has 4 rings (SSSR count). The fraction of sp³-hybridized carbons (Fsp3) is 0.158. The Balaban J connectivity index is 1.87. The number of hydrogen-bond acceptors (Lipinski definition) is 3. The van der Waals surface area contributed by atoms with E-state index in [0.29, 0.717) is 22.6 Å². The summed E-state index contributed by atoms with van der Waals surface area (Å²) in [6, 6.07) is 7.31. The molecule has 3 heterocycles. The number of hydrogen-bond donors (Lipinski definition) is 2. The van der Waals surface area contributed by atoms with E-state index in [0.717, 1.165) is 11.1 Å². The number of ether oxygens (including phenoxy) is 1. The Hall–Kier alpha value is -3.15. The largest absolute Gasteiger partial charge is 0.482 e. The third kappa shape index (κ3) is 2.46. The molecule has 2 aliphatic heterocycles. The van der Waals surface area contributed by atoms with E-state index >= 15 is 0 Å². The first-order valence-corrected chi connectivity index (χ1v) is 7.81. The quantitative estimate of drug-likeness (QED) is 0.785. The average Bonchev–Trinajstić information content (AvgIpc) is 3.03. The summed E-state index contributed by atoms with van der Waals surface area (Å²) in [6.07, 6.45) is 3.41. The third-order valence-corrected chi connectivity index (χ3v) is 4.36. The summed E-state index contributed by atoms with van der Waals surface area (Å²) in [6.45, 7) is 3.77. The molecule has 126 valence electrons. The van der Waals surface area contributed by atoms with Crippen LogP contribution < -0.4 is 10.9 Å². The van der Waals surface area contributed by atoms with Crippen LogP contribution in [0.3, 0.4) is 0 Å². The van der Waals surface area contributed by atoms with E-state index in [1.165, 1.54) is 18.2 Å². The fourth-order valence-corrected chi connectivity index (χ4v) is 3.19. The van der Waals surface area contributed by atoms with Gasteiger partial charge in [-0.15, -0.1) is 0 Å². The molecule has 6 heteroatoms. The van der Waals surface area contributed by atoms with Crippen molar-refractivity contribution in [1.82, 2.24) is 4.98 Å². The average molecular weight is 338 g/mol. The number of carbonyl (C=O) groups excluding carboxylic acids is 1. The Morgan fingerprint density at radius 1 is 1.12 bits per heavy atom. The van der Waals surface area contributed by atoms with Crippen LogP contribution in [-0.2, 0) is 9.53 Å². The van der Waals surface area contributed by atoms with Gasteiger partial charge < -0.3 is 15.0 Å². The summed E-state index contributed by atoms with van der Waals surface area (Å²) in [7, 11) is 0. The third-order valence-electron chi connectivity index (χ3n) is 4.36. The number of halogens is 1. The number of aromatic amines is 1. The van der Waals surface area contributed by atoms with Gasteiger partial charge in [-0.05, 0) is 49.8 Å². The van der Waals surface area contributed by atoms with Crippen LogP contribution >= 0.6 is 0 Å². The number of pyridine rings is 1. The second-order valence-electron chi connectivity index (χ2n) is 6.50. The SMILES string of the molecule is CC1(C)O/C(=C2/C(=O)Nc3cc(F)ccc32)C=C1c1ccc(=O)[nH]c1. The lowest BCUT2D eigenvalue weighted by atomic mass is 9.93. The molecule has 0 radical (unpaired) electrons.